The van der Waals surface area contributed by atoms with Crippen LogP contribution in [-0.4, -0.2) is 125 Å². The molecule has 1 fully saturated rings. The zero-order chi connectivity index (χ0) is 52.7. The van der Waals surface area contributed by atoms with E-state index in [4.69, 9.17) is 30.5 Å². The molecule has 16 nitrogen and oxygen atoms in total. The smallest absolute Gasteiger partial charge is 0.392 e. The Morgan fingerprint density at radius 3 is 2.38 bits per heavy atom. The first-order chi connectivity index (χ1) is 34.5. The molecule has 3 aromatic carbocycles. The Hall–Kier alpha value is -6.04. The number of rotatable bonds is 21. The topological polar surface area (TPSA) is 196 Å². The maximum atomic E-state index is 14.3. The minimum Gasteiger partial charge on any atom is -0.487 e. The summed E-state index contributed by atoms with van der Waals surface area (Å²) in [5.41, 5.74) is 3.66. The highest BCUT2D eigenvalue weighted by Gasteiger charge is 2.30. The van der Waals surface area contributed by atoms with Crippen molar-refractivity contribution in [3.8, 4) is 39.2 Å². The van der Waals surface area contributed by atoms with Gasteiger partial charge in [0.05, 0.1) is 30.2 Å². The van der Waals surface area contributed by atoms with Crippen LogP contribution < -0.4 is 19.5 Å². The molecule has 73 heavy (non-hydrogen) atoms. The molecule has 1 atom stereocenters. The van der Waals surface area contributed by atoms with Crippen LogP contribution in [-0.2, 0) is 50.3 Å². The number of halogens is 5. The fourth-order valence-corrected chi connectivity index (χ4v) is 10.2. The van der Waals surface area contributed by atoms with E-state index >= 15 is 0 Å². The average molecular weight is 1070 g/mol. The Morgan fingerprint density at radius 2 is 1.70 bits per heavy atom. The lowest BCUT2D eigenvalue weighted by Gasteiger charge is -2.33. The van der Waals surface area contributed by atoms with Crippen LogP contribution in [0, 0.1) is 12.7 Å². The number of nitrogens with zero attached hydrogens (tertiary/aromatic N) is 6. The molecule has 6 aromatic rings. The molecule has 7 rings (SSSR count). The van der Waals surface area contributed by atoms with Gasteiger partial charge in [-0.25, -0.2) is 32.6 Å². The number of nitrogens with one attached hydrogen (secondary N) is 1. The van der Waals surface area contributed by atoms with Crippen molar-refractivity contribution in [3.05, 3.63) is 112 Å². The molecule has 0 amide bonds. The van der Waals surface area contributed by atoms with Crippen LogP contribution in [0.3, 0.4) is 0 Å². The lowest BCUT2D eigenvalue weighted by atomic mass is 9.94. The highest BCUT2D eigenvalue weighted by molar-refractivity contribution is 7.88. The average Bonchev–Trinajstić information content (AvgIpc) is 3.70. The normalized spacial score (nSPS) is 14.3. The van der Waals surface area contributed by atoms with Crippen molar-refractivity contribution in [1.82, 2.24) is 34.5 Å². The summed E-state index contributed by atoms with van der Waals surface area (Å²) in [7, 11) is -3.24. The number of carbonyl (C=O) groups excluding carboxylic acids is 1. The van der Waals surface area contributed by atoms with Gasteiger partial charge in [0.2, 0.25) is 22.0 Å². The molecule has 1 saturated heterocycles. The van der Waals surface area contributed by atoms with Gasteiger partial charge in [-0.1, -0.05) is 48.0 Å². The molecule has 2 N–H and O–H groups in total. The van der Waals surface area contributed by atoms with Crippen molar-refractivity contribution in [2.75, 3.05) is 52.1 Å². The number of sulfonamides is 1. The number of ether oxygens (including phenoxy) is 4. The van der Waals surface area contributed by atoms with E-state index in [1.54, 1.807) is 51.1 Å². The number of benzene rings is 3. The zero-order valence-electron chi connectivity index (χ0n) is 40.6. The first-order valence-electron chi connectivity index (χ1n) is 23.1. The van der Waals surface area contributed by atoms with Gasteiger partial charge < -0.3 is 29.4 Å². The van der Waals surface area contributed by atoms with Gasteiger partial charge in [0.1, 0.15) is 41.5 Å². The monoisotopic (exact) mass is 1070 g/mol. The van der Waals surface area contributed by atoms with Gasteiger partial charge in [-0.15, -0.1) is 11.3 Å². The van der Waals surface area contributed by atoms with Gasteiger partial charge in [0.15, 0.2) is 0 Å². The molecule has 0 spiro atoms. The van der Waals surface area contributed by atoms with Gasteiger partial charge >= 0.3 is 24.1 Å². The molecule has 0 bridgehead atoms. The van der Waals surface area contributed by atoms with E-state index in [0.717, 1.165) is 5.56 Å². The summed E-state index contributed by atoms with van der Waals surface area (Å²) in [6.07, 6.45) is -3.96. The van der Waals surface area contributed by atoms with Crippen molar-refractivity contribution in [2.45, 2.75) is 78.0 Å². The van der Waals surface area contributed by atoms with E-state index < -0.39 is 58.7 Å². The Bertz CT molecular complexity index is 3040. The van der Waals surface area contributed by atoms with E-state index in [1.807, 2.05) is 19.1 Å². The van der Waals surface area contributed by atoms with E-state index in [1.165, 1.54) is 52.6 Å². The third-order valence-corrected chi connectivity index (χ3v) is 14.5. The first-order valence-corrected chi connectivity index (χ1v) is 26.1. The summed E-state index contributed by atoms with van der Waals surface area (Å²) in [6, 6.07) is 15.7. The van der Waals surface area contributed by atoms with Crippen molar-refractivity contribution in [1.29, 1.82) is 0 Å². The number of aromatic nitrogens is 4. The lowest BCUT2D eigenvalue weighted by Crippen LogP contribution is -2.49. The molecule has 390 valence electrons. The van der Waals surface area contributed by atoms with Gasteiger partial charge in [-0.3, -0.25) is 9.69 Å². The van der Waals surface area contributed by atoms with Gasteiger partial charge in [0, 0.05) is 73.9 Å². The van der Waals surface area contributed by atoms with Crippen LogP contribution in [0.4, 0.5) is 17.6 Å². The number of esters is 1. The predicted molar refractivity (Wildman–Crippen MR) is 267 cm³/mol. The second kappa shape index (κ2) is 23.4. The number of hydrogen-bond donors (Lipinski definition) is 2. The number of alkyl halides is 3. The van der Waals surface area contributed by atoms with Crippen molar-refractivity contribution >= 4 is 55.1 Å². The Kier molecular flexibility index (Phi) is 17.6. The highest BCUT2D eigenvalue weighted by atomic mass is 35.5. The summed E-state index contributed by atoms with van der Waals surface area (Å²) in [6.45, 7) is 10.0. The molecule has 3 aromatic heterocycles. The standard InChI is InChI=1S/C50H54ClF4N7O9S2/c1-30-37(12-9-33(43(30)51)27-56-17-18-61-19-21-62(22-20-61)73(5,66)67)41-42-45(58-29-59-46(42)72-44(41)32-7-10-35(52)11-8-32)70-39(47(64)65)26-34-24-31(25-40(63)71-49(2,3)4)6-13-38(34)69-28-36-14-16-57-48(60-36)68-23-15-50(53,54)55/h6-14,16,24,29,39,56H,15,17-23,25-28H2,1-5H3,(H,64,65)/t39-/m1/s1. The first kappa shape index (κ1) is 54.7. The number of aliphatic carboxylic acids is 1. The third-order valence-electron chi connectivity index (χ3n) is 11.5. The molecular weight excluding hydrogens is 1020 g/mol. The molecule has 1 aliphatic rings. The molecule has 0 radical (unpaired) electrons. The second-order valence-corrected chi connectivity index (χ2v) is 21.6. The van der Waals surface area contributed by atoms with E-state index in [9.17, 15) is 40.7 Å². The minimum atomic E-state index is -4.44. The second-order valence-electron chi connectivity index (χ2n) is 18.3. The maximum absolute atomic E-state index is 14.3. The lowest BCUT2D eigenvalue weighted by molar-refractivity contribution is -0.154. The molecule has 1 aliphatic heterocycles. The number of thiophene rings is 1. The van der Waals surface area contributed by atoms with Crippen molar-refractivity contribution in [2.24, 2.45) is 0 Å². The summed E-state index contributed by atoms with van der Waals surface area (Å²) in [5.74, 6) is -2.21. The van der Waals surface area contributed by atoms with Crippen LogP contribution in [0.25, 0.3) is 31.8 Å². The van der Waals surface area contributed by atoms with E-state index in [2.05, 4.69) is 30.2 Å². The fraction of sp³-hybridized carbons (Fsp3) is 0.400. The summed E-state index contributed by atoms with van der Waals surface area (Å²) >= 11 is 8.41. The molecular formula is C50H54ClF4N7O9S2. The number of carboxylic acid groups (broad SMARTS) is 1. The fourth-order valence-electron chi connectivity index (χ4n) is 7.99. The van der Waals surface area contributed by atoms with Gasteiger partial charge in [-0.05, 0) is 85.3 Å². The molecule has 0 saturated carbocycles. The molecule has 23 heteroatoms. The highest BCUT2D eigenvalue weighted by Crippen LogP contribution is 2.49. The molecule has 4 heterocycles. The van der Waals surface area contributed by atoms with E-state index in [-0.39, 0.29) is 42.8 Å². The van der Waals surface area contributed by atoms with E-state index in [0.29, 0.717) is 99.3 Å². The Morgan fingerprint density at radius 1 is 0.959 bits per heavy atom. The van der Waals surface area contributed by atoms with Crippen LogP contribution in [0.15, 0.2) is 73.2 Å². The Labute approximate surface area is 428 Å². The van der Waals surface area contributed by atoms with Crippen LogP contribution >= 0.6 is 22.9 Å². The van der Waals surface area contributed by atoms with Gasteiger partial charge in [0.25, 0.3) is 0 Å². The van der Waals surface area contributed by atoms with Crippen LogP contribution in [0.2, 0.25) is 5.02 Å². The number of carboxylic acids is 1. The third kappa shape index (κ3) is 15.0. The summed E-state index contributed by atoms with van der Waals surface area (Å²) in [5, 5.41) is 15.1. The molecule has 0 unspecified atom stereocenters. The predicted octanol–water partition coefficient (Wildman–Crippen LogP) is 8.45. The number of fused-ring (bicyclic) bond motifs is 1. The maximum Gasteiger partial charge on any atom is 0.392 e. The minimum absolute atomic E-state index is 0.0675. The van der Waals surface area contributed by atoms with Crippen LogP contribution in [0.1, 0.15) is 55.1 Å². The number of hydrogen-bond acceptors (Lipinski definition) is 15. The largest absolute Gasteiger partial charge is 0.487 e. The summed E-state index contributed by atoms with van der Waals surface area (Å²) in [4.78, 5) is 46.6. The van der Waals surface area contributed by atoms with Crippen molar-refractivity contribution in [3.63, 3.8) is 0 Å². The van der Waals surface area contributed by atoms with Gasteiger partial charge in [-0.2, -0.15) is 22.5 Å². The summed E-state index contributed by atoms with van der Waals surface area (Å²) < 4.78 is 101. The Balaban J connectivity index is 1.18. The number of piperazine rings is 1. The SMILES string of the molecule is Cc1c(-c2c(-c3ccc(F)cc3)sc3ncnc(O[C@H](Cc4cc(CC(=O)OC(C)(C)C)ccc4OCc4ccnc(OCCC(F)(F)F)n4)C(=O)O)c23)ccc(CNCCN2CCN(S(C)(=O)=O)CC2)c1Cl. The van der Waals surface area contributed by atoms with Crippen molar-refractivity contribution < 1.29 is 59.6 Å². The number of carbonyl (C=O) groups is 2. The van der Waals surface area contributed by atoms with Crippen LogP contribution in [0.5, 0.6) is 17.6 Å². The molecule has 0 aliphatic carbocycles. The zero-order valence-corrected chi connectivity index (χ0v) is 43.0. The quantitative estimate of drug-likeness (QED) is 0.0396.